The van der Waals surface area contributed by atoms with Crippen molar-refractivity contribution in [2.24, 2.45) is 0 Å². The molecule has 0 unspecified atom stereocenters. The van der Waals surface area contributed by atoms with Gasteiger partial charge in [-0.25, -0.2) is 0 Å². The molecule has 28 heavy (non-hydrogen) atoms. The summed E-state index contributed by atoms with van der Waals surface area (Å²) in [7, 11) is 0. The van der Waals surface area contributed by atoms with E-state index in [0.29, 0.717) is 5.92 Å². The Bertz CT molecular complexity index is 1270. The fourth-order valence-corrected chi connectivity index (χ4v) is 3.84. The van der Waals surface area contributed by atoms with Crippen LogP contribution in [0.3, 0.4) is 0 Å². The van der Waals surface area contributed by atoms with Crippen molar-refractivity contribution in [2.75, 3.05) is 0 Å². The highest BCUT2D eigenvalue weighted by molar-refractivity contribution is 6.06. The van der Waals surface area contributed by atoms with E-state index in [1.54, 1.807) is 0 Å². The second-order valence-corrected chi connectivity index (χ2v) is 7.67. The maximum absolute atomic E-state index is 5.97. The molecule has 0 amide bonds. The van der Waals surface area contributed by atoms with Gasteiger partial charge < -0.3 is 4.42 Å². The first-order valence-corrected chi connectivity index (χ1v) is 9.81. The molecule has 0 saturated carbocycles. The van der Waals surface area contributed by atoms with Crippen molar-refractivity contribution >= 4 is 21.9 Å². The van der Waals surface area contributed by atoms with Gasteiger partial charge in [0.05, 0.1) is 0 Å². The number of rotatable bonds is 3. The van der Waals surface area contributed by atoms with Crippen LogP contribution in [0, 0.1) is 0 Å². The SMILES string of the molecule is CC(C)c1ccc(-c2cccc(-c3ccc4oc5ccccc5c4c3)c2)cc1. The van der Waals surface area contributed by atoms with E-state index in [0.717, 1.165) is 11.2 Å². The highest BCUT2D eigenvalue weighted by Crippen LogP contribution is 2.33. The maximum atomic E-state index is 5.97. The summed E-state index contributed by atoms with van der Waals surface area (Å²) in [6.07, 6.45) is 0. The Hall–Kier alpha value is -3.32. The largest absolute Gasteiger partial charge is 0.456 e. The predicted molar refractivity (Wildman–Crippen MR) is 119 cm³/mol. The van der Waals surface area contributed by atoms with Crippen LogP contribution < -0.4 is 0 Å². The van der Waals surface area contributed by atoms with Gasteiger partial charge in [0.1, 0.15) is 11.2 Å². The third-order valence-corrected chi connectivity index (χ3v) is 5.48. The van der Waals surface area contributed by atoms with Gasteiger partial charge in [-0.15, -0.1) is 0 Å². The monoisotopic (exact) mass is 362 g/mol. The standard InChI is InChI=1S/C27H22O/c1-18(2)19-10-12-20(13-11-19)21-6-5-7-22(16-21)23-14-15-27-25(17-23)24-8-3-4-9-26(24)28-27/h3-18H,1-2H3. The molecule has 1 heteroatoms. The first-order chi connectivity index (χ1) is 13.7. The molecule has 0 spiro atoms. The Morgan fingerprint density at radius 3 is 1.96 bits per heavy atom. The van der Waals surface area contributed by atoms with Crippen molar-refractivity contribution in [3.63, 3.8) is 0 Å². The first kappa shape index (κ1) is 16.8. The molecule has 0 atom stereocenters. The van der Waals surface area contributed by atoms with Crippen LogP contribution in [0.4, 0.5) is 0 Å². The number of hydrogen-bond acceptors (Lipinski definition) is 1. The summed E-state index contributed by atoms with van der Waals surface area (Å²) >= 11 is 0. The van der Waals surface area contributed by atoms with Gasteiger partial charge in [0, 0.05) is 10.8 Å². The topological polar surface area (TPSA) is 13.1 Å². The summed E-state index contributed by atoms with van der Waals surface area (Å²) in [6.45, 7) is 4.46. The molecule has 0 fully saturated rings. The fraction of sp³-hybridized carbons (Fsp3) is 0.111. The van der Waals surface area contributed by atoms with E-state index in [4.69, 9.17) is 4.42 Å². The Morgan fingerprint density at radius 1 is 0.536 bits per heavy atom. The molecule has 136 valence electrons. The van der Waals surface area contributed by atoms with Gasteiger partial charge in [-0.3, -0.25) is 0 Å². The molecule has 0 bridgehead atoms. The Morgan fingerprint density at radius 2 is 1.18 bits per heavy atom. The molecule has 5 aromatic rings. The van der Waals surface area contributed by atoms with Crippen molar-refractivity contribution in [1.29, 1.82) is 0 Å². The quantitative estimate of drug-likeness (QED) is 0.316. The van der Waals surface area contributed by atoms with Gasteiger partial charge in [0.15, 0.2) is 0 Å². The average molecular weight is 362 g/mol. The van der Waals surface area contributed by atoms with Crippen LogP contribution in [-0.2, 0) is 0 Å². The molecule has 0 N–H and O–H groups in total. The fourth-order valence-electron chi connectivity index (χ4n) is 3.84. The molecule has 0 aliphatic heterocycles. The van der Waals surface area contributed by atoms with Crippen LogP contribution in [0.5, 0.6) is 0 Å². The number of furan rings is 1. The molecular weight excluding hydrogens is 340 g/mol. The second-order valence-electron chi connectivity index (χ2n) is 7.67. The molecule has 1 heterocycles. The van der Waals surface area contributed by atoms with E-state index in [-0.39, 0.29) is 0 Å². The lowest BCUT2D eigenvalue weighted by molar-refractivity contribution is 0.669. The second kappa shape index (κ2) is 6.69. The number of para-hydroxylation sites is 1. The van der Waals surface area contributed by atoms with E-state index in [1.807, 2.05) is 12.1 Å². The molecule has 1 aromatic heterocycles. The van der Waals surface area contributed by atoms with Gasteiger partial charge in [-0.2, -0.15) is 0 Å². The zero-order valence-corrected chi connectivity index (χ0v) is 16.1. The minimum absolute atomic E-state index is 0.553. The normalized spacial score (nSPS) is 11.5. The van der Waals surface area contributed by atoms with Crippen molar-refractivity contribution in [2.45, 2.75) is 19.8 Å². The van der Waals surface area contributed by atoms with Crippen LogP contribution >= 0.6 is 0 Å². The Kier molecular flexibility index (Phi) is 4.02. The molecule has 1 nitrogen and oxygen atoms in total. The zero-order valence-electron chi connectivity index (χ0n) is 16.1. The minimum Gasteiger partial charge on any atom is -0.456 e. The van der Waals surface area contributed by atoms with Crippen LogP contribution in [0.15, 0.2) is 95.4 Å². The van der Waals surface area contributed by atoms with E-state index < -0.39 is 0 Å². The van der Waals surface area contributed by atoms with Gasteiger partial charge in [-0.1, -0.05) is 80.6 Å². The molecule has 4 aromatic carbocycles. The summed E-state index contributed by atoms with van der Waals surface area (Å²) in [5.41, 5.74) is 8.17. The number of benzene rings is 4. The smallest absolute Gasteiger partial charge is 0.135 e. The van der Waals surface area contributed by atoms with Crippen molar-refractivity contribution in [1.82, 2.24) is 0 Å². The van der Waals surface area contributed by atoms with E-state index in [9.17, 15) is 0 Å². The third kappa shape index (κ3) is 2.90. The van der Waals surface area contributed by atoms with Gasteiger partial charge >= 0.3 is 0 Å². The molecule has 0 saturated heterocycles. The van der Waals surface area contributed by atoms with Crippen LogP contribution in [0.1, 0.15) is 25.3 Å². The van der Waals surface area contributed by atoms with Crippen LogP contribution in [-0.4, -0.2) is 0 Å². The zero-order chi connectivity index (χ0) is 19.1. The van der Waals surface area contributed by atoms with Crippen molar-refractivity contribution < 1.29 is 4.42 Å². The maximum Gasteiger partial charge on any atom is 0.135 e. The average Bonchev–Trinajstić information content (AvgIpc) is 3.12. The van der Waals surface area contributed by atoms with E-state index >= 15 is 0 Å². The minimum atomic E-state index is 0.553. The molecule has 0 aliphatic rings. The highest BCUT2D eigenvalue weighted by Gasteiger charge is 2.09. The lowest BCUT2D eigenvalue weighted by Gasteiger charge is -2.09. The van der Waals surface area contributed by atoms with Crippen molar-refractivity contribution in [3.05, 3.63) is 96.6 Å². The Labute approximate surface area is 165 Å². The Balaban J connectivity index is 1.58. The summed E-state index contributed by atoms with van der Waals surface area (Å²) in [6, 6.07) is 32.4. The predicted octanol–water partition coefficient (Wildman–Crippen LogP) is 8.04. The summed E-state index contributed by atoms with van der Waals surface area (Å²) in [5, 5.41) is 2.33. The third-order valence-electron chi connectivity index (χ3n) is 5.48. The summed E-state index contributed by atoms with van der Waals surface area (Å²) in [4.78, 5) is 0. The van der Waals surface area contributed by atoms with Crippen LogP contribution in [0.2, 0.25) is 0 Å². The lowest BCUT2D eigenvalue weighted by Crippen LogP contribution is -1.87. The number of fused-ring (bicyclic) bond motifs is 3. The van der Waals surface area contributed by atoms with Gasteiger partial charge in [0.2, 0.25) is 0 Å². The summed E-state index contributed by atoms with van der Waals surface area (Å²) in [5.74, 6) is 0.553. The highest BCUT2D eigenvalue weighted by atomic mass is 16.3. The molecule has 0 radical (unpaired) electrons. The first-order valence-electron chi connectivity index (χ1n) is 9.81. The molecular formula is C27H22O. The molecule has 0 aliphatic carbocycles. The van der Waals surface area contributed by atoms with Crippen molar-refractivity contribution in [3.8, 4) is 22.3 Å². The van der Waals surface area contributed by atoms with Crippen LogP contribution in [0.25, 0.3) is 44.2 Å². The molecule has 5 rings (SSSR count). The van der Waals surface area contributed by atoms with Gasteiger partial charge in [-0.05, 0) is 58.0 Å². The van der Waals surface area contributed by atoms with E-state index in [1.165, 1.54) is 38.6 Å². The lowest BCUT2D eigenvalue weighted by atomic mass is 9.96. The number of hydrogen-bond donors (Lipinski definition) is 0. The van der Waals surface area contributed by atoms with Gasteiger partial charge in [0.25, 0.3) is 0 Å². The van der Waals surface area contributed by atoms with E-state index in [2.05, 4.69) is 92.7 Å². The summed E-state index contributed by atoms with van der Waals surface area (Å²) < 4.78 is 5.97.